The summed E-state index contributed by atoms with van der Waals surface area (Å²) in [6, 6.07) is 80.9. The molecular formula is C56H37NO. The number of benzene rings is 10. The van der Waals surface area contributed by atoms with Crippen LogP contribution in [0.15, 0.2) is 229 Å². The lowest BCUT2D eigenvalue weighted by molar-refractivity contribution is 0.669. The van der Waals surface area contributed by atoms with Crippen molar-refractivity contribution in [1.29, 1.82) is 0 Å². The maximum atomic E-state index is 6.28. The van der Waals surface area contributed by atoms with Crippen LogP contribution in [0.3, 0.4) is 0 Å². The number of anilines is 3. The van der Waals surface area contributed by atoms with Gasteiger partial charge in [-0.2, -0.15) is 0 Å². The van der Waals surface area contributed by atoms with Crippen molar-refractivity contribution in [3.8, 4) is 44.5 Å². The van der Waals surface area contributed by atoms with Crippen LogP contribution in [0.5, 0.6) is 0 Å². The average Bonchev–Trinajstić information content (AvgIpc) is 3.69. The second kappa shape index (κ2) is 14.1. The minimum atomic E-state index is 0.896. The molecule has 0 aliphatic carbocycles. The van der Waals surface area contributed by atoms with Gasteiger partial charge in [0.15, 0.2) is 0 Å². The topological polar surface area (TPSA) is 16.4 Å². The number of hydrogen-bond acceptors (Lipinski definition) is 2. The third kappa shape index (κ3) is 5.82. The van der Waals surface area contributed by atoms with E-state index in [0.29, 0.717) is 0 Å². The van der Waals surface area contributed by atoms with Crippen molar-refractivity contribution < 1.29 is 4.42 Å². The first kappa shape index (κ1) is 33.6. The number of para-hydroxylation sites is 1. The second-order valence-electron chi connectivity index (χ2n) is 14.9. The Morgan fingerprint density at radius 1 is 0.310 bits per heavy atom. The Bertz CT molecular complexity index is 3260. The lowest BCUT2D eigenvalue weighted by atomic mass is 9.88. The summed E-state index contributed by atoms with van der Waals surface area (Å²) in [5, 5.41) is 7.15. The summed E-state index contributed by atoms with van der Waals surface area (Å²) in [6.07, 6.45) is 0. The van der Waals surface area contributed by atoms with Crippen molar-refractivity contribution >= 4 is 60.5 Å². The summed E-state index contributed by atoms with van der Waals surface area (Å²) in [7, 11) is 0. The fraction of sp³-hybridized carbons (Fsp3) is 0. The molecule has 272 valence electrons. The molecule has 2 heteroatoms. The zero-order chi connectivity index (χ0) is 38.4. The molecule has 0 atom stereocenters. The van der Waals surface area contributed by atoms with E-state index >= 15 is 0 Å². The first-order valence-corrected chi connectivity index (χ1v) is 19.8. The van der Waals surface area contributed by atoms with Crippen LogP contribution in [0.1, 0.15) is 0 Å². The van der Waals surface area contributed by atoms with Crippen LogP contribution >= 0.6 is 0 Å². The lowest BCUT2D eigenvalue weighted by Gasteiger charge is -2.30. The van der Waals surface area contributed by atoms with E-state index in [4.69, 9.17) is 4.42 Å². The molecule has 0 aliphatic heterocycles. The van der Waals surface area contributed by atoms with E-state index in [-0.39, 0.29) is 0 Å². The van der Waals surface area contributed by atoms with Gasteiger partial charge in [0.25, 0.3) is 0 Å². The Morgan fingerprint density at radius 3 is 1.67 bits per heavy atom. The third-order valence-corrected chi connectivity index (χ3v) is 11.5. The zero-order valence-electron chi connectivity index (χ0n) is 31.7. The summed E-state index contributed by atoms with van der Waals surface area (Å²) < 4.78 is 6.28. The van der Waals surface area contributed by atoms with Crippen molar-refractivity contribution in [1.82, 2.24) is 0 Å². The molecule has 0 amide bonds. The molecule has 0 fully saturated rings. The summed E-state index contributed by atoms with van der Waals surface area (Å²) in [5.74, 6) is 0. The third-order valence-electron chi connectivity index (χ3n) is 11.5. The van der Waals surface area contributed by atoms with Gasteiger partial charge in [0.1, 0.15) is 11.2 Å². The highest BCUT2D eigenvalue weighted by Gasteiger charge is 2.23. The fourth-order valence-electron chi connectivity index (χ4n) is 8.72. The summed E-state index contributed by atoms with van der Waals surface area (Å²) in [4.78, 5) is 2.42. The normalized spacial score (nSPS) is 11.4. The minimum absolute atomic E-state index is 0.896. The second-order valence-corrected chi connectivity index (χ2v) is 14.9. The first-order valence-electron chi connectivity index (χ1n) is 19.8. The molecule has 1 heterocycles. The van der Waals surface area contributed by atoms with Gasteiger partial charge in [-0.25, -0.2) is 0 Å². The smallest absolute Gasteiger partial charge is 0.136 e. The predicted octanol–water partition coefficient (Wildman–Crippen LogP) is 16.0. The quantitative estimate of drug-likeness (QED) is 0.162. The molecule has 11 aromatic rings. The van der Waals surface area contributed by atoms with E-state index in [1.54, 1.807) is 0 Å². The van der Waals surface area contributed by atoms with Gasteiger partial charge < -0.3 is 9.32 Å². The Hall–Kier alpha value is -7.68. The van der Waals surface area contributed by atoms with Crippen molar-refractivity contribution in [3.05, 3.63) is 224 Å². The molecule has 0 bridgehead atoms. The van der Waals surface area contributed by atoms with E-state index < -0.39 is 0 Å². The van der Waals surface area contributed by atoms with E-state index in [2.05, 4.69) is 217 Å². The predicted molar refractivity (Wildman–Crippen MR) is 245 cm³/mol. The van der Waals surface area contributed by atoms with Gasteiger partial charge in [0.05, 0.1) is 5.69 Å². The van der Waals surface area contributed by atoms with Crippen molar-refractivity contribution in [2.45, 2.75) is 0 Å². The SMILES string of the molecule is c1ccc(-c2ccc(N(c3ccc(-c4cccc5oc6ccccc6c45)cc3)c3cccc(-c4ccc5ccccc5c4)c3-c3cccc4ccccc34)cc2)cc1. The number of nitrogens with zero attached hydrogens (tertiary/aromatic N) is 1. The van der Waals surface area contributed by atoms with Crippen molar-refractivity contribution in [2.75, 3.05) is 4.90 Å². The lowest BCUT2D eigenvalue weighted by Crippen LogP contribution is -2.12. The van der Waals surface area contributed by atoms with Gasteiger partial charge in [0, 0.05) is 27.7 Å². The van der Waals surface area contributed by atoms with Gasteiger partial charge in [-0.3, -0.25) is 0 Å². The van der Waals surface area contributed by atoms with Crippen molar-refractivity contribution in [3.63, 3.8) is 0 Å². The zero-order valence-corrected chi connectivity index (χ0v) is 31.7. The van der Waals surface area contributed by atoms with Crippen LogP contribution in [0, 0.1) is 0 Å². The highest BCUT2D eigenvalue weighted by Crippen LogP contribution is 2.48. The van der Waals surface area contributed by atoms with Crippen molar-refractivity contribution in [2.24, 2.45) is 0 Å². The first-order chi connectivity index (χ1) is 28.8. The molecule has 58 heavy (non-hydrogen) atoms. The maximum Gasteiger partial charge on any atom is 0.136 e. The van der Waals surface area contributed by atoms with E-state index in [9.17, 15) is 0 Å². The van der Waals surface area contributed by atoms with Gasteiger partial charge in [-0.15, -0.1) is 0 Å². The molecule has 0 aliphatic rings. The van der Waals surface area contributed by atoms with Crippen LogP contribution in [0.25, 0.3) is 88.0 Å². The molecule has 0 spiro atoms. The molecule has 0 N–H and O–H groups in total. The van der Waals surface area contributed by atoms with E-state index in [1.165, 1.54) is 54.9 Å². The largest absolute Gasteiger partial charge is 0.456 e. The molecule has 1 aromatic heterocycles. The molecule has 10 aromatic carbocycles. The monoisotopic (exact) mass is 739 g/mol. The van der Waals surface area contributed by atoms with Crippen LogP contribution < -0.4 is 4.90 Å². The number of furan rings is 1. The van der Waals surface area contributed by atoms with E-state index in [1.807, 2.05) is 12.1 Å². The van der Waals surface area contributed by atoms with Gasteiger partial charge in [-0.1, -0.05) is 176 Å². The molecule has 11 rings (SSSR count). The number of fused-ring (bicyclic) bond motifs is 5. The fourth-order valence-corrected chi connectivity index (χ4v) is 8.72. The van der Waals surface area contributed by atoms with Crippen LogP contribution in [-0.4, -0.2) is 0 Å². The highest BCUT2D eigenvalue weighted by molar-refractivity contribution is 6.12. The van der Waals surface area contributed by atoms with Gasteiger partial charge in [-0.05, 0) is 109 Å². The summed E-state index contributed by atoms with van der Waals surface area (Å²) in [6.45, 7) is 0. The molecule has 0 saturated heterocycles. The molecule has 2 nitrogen and oxygen atoms in total. The Kier molecular flexibility index (Phi) is 8.19. The molecule has 0 unspecified atom stereocenters. The summed E-state index contributed by atoms with van der Waals surface area (Å²) >= 11 is 0. The molecular weight excluding hydrogens is 703 g/mol. The standard InChI is InChI=1S/C56H37NO/c1-2-13-38(14-3-1)40-29-33-45(34-30-40)57(46-35-31-42(32-36-46)48-22-12-26-54-56(48)51-20-8-9-25-53(51)58-54)52-24-11-21-49(44-28-27-39-15-4-5-17-43(39)37-44)55(52)50-23-10-18-41-16-6-7-19-47(41)50/h1-37H. The van der Waals surface area contributed by atoms with Crippen LogP contribution in [-0.2, 0) is 0 Å². The van der Waals surface area contributed by atoms with Gasteiger partial charge in [0.2, 0.25) is 0 Å². The summed E-state index contributed by atoms with van der Waals surface area (Å²) in [5.41, 5.74) is 14.4. The molecule has 0 radical (unpaired) electrons. The van der Waals surface area contributed by atoms with Crippen LogP contribution in [0.4, 0.5) is 17.1 Å². The number of rotatable bonds is 7. The molecule has 0 saturated carbocycles. The number of hydrogen-bond donors (Lipinski definition) is 0. The Balaban J connectivity index is 1.14. The maximum absolute atomic E-state index is 6.28. The van der Waals surface area contributed by atoms with Crippen LogP contribution in [0.2, 0.25) is 0 Å². The highest BCUT2D eigenvalue weighted by atomic mass is 16.3. The minimum Gasteiger partial charge on any atom is -0.456 e. The van der Waals surface area contributed by atoms with E-state index in [0.717, 1.165) is 50.1 Å². The average molecular weight is 740 g/mol. The van der Waals surface area contributed by atoms with Gasteiger partial charge >= 0.3 is 0 Å². The Morgan fingerprint density at radius 2 is 0.862 bits per heavy atom. The Labute approximate surface area is 337 Å².